The first-order valence-electron chi connectivity index (χ1n) is 13.4. The van der Waals surface area contributed by atoms with Crippen molar-refractivity contribution in [3.63, 3.8) is 0 Å². The third kappa shape index (κ3) is 5.49. The van der Waals surface area contributed by atoms with Crippen molar-refractivity contribution in [1.29, 1.82) is 0 Å². The molecule has 10 heteroatoms. The van der Waals surface area contributed by atoms with E-state index in [0.717, 1.165) is 11.1 Å². The number of methoxy groups -OCH3 is 2. The Morgan fingerprint density at radius 3 is 2.36 bits per heavy atom. The summed E-state index contributed by atoms with van der Waals surface area (Å²) in [5.74, 6) is 0.411. The highest BCUT2D eigenvalue weighted by Crippen LogP contribution is 2.35. The van der Waals surface area contributed by atoms with Gasteiger partial charge in [-0.15, -0.1) is 0 Å². The van der Waals surface area contributed by atoms with E-state index in [1.807, 2.05) is 30.3 Å². The fourth-order valence-corrected chi connectivity index (χ4v) is 5.24. The summed E-state index contributed by atoms with van der Waals surface area (Å²) in [6, 6.07) is 19.4. The normalized spacial score (nSPS) is 21.6. The molecule has 4 aromatic rings. The lowest BCUT2D eigenvalue weighted by Crippen LogP contribution is -2.63. The van der Waals surface area contributed by atoms with Gasteiger partial charge in [-0.1, -0.05) is 30.3 Å². The topological polar surface area (TPSA) is 137 Å². The largest absolute Gasteiger partial charge is 0.496 e. The zero-order chi connectivity index (χ0) is 30.2. The van der Waals surface area contributed by atoms with Gasteiger partial charge in [0.1, 0.15) is 41.1 Å². The third-order valence-electron chi connectivity index (χ3n) is 7.44. The first kappa shape index (κ1) is 29.3. The number of aliphatic hydroxyl groups excluding tert-OH is 2. The number of carbonyl (C=O) groups is 1. The smallest absolute Gasteiger partial charge is 0.360 e. The Morgan fingerprint density at radius 1 is 0.952 bits per heavy atom. The van der Waals surface area contributed by atoms with Crippen LogP contribution in [0, 0.1) is 6.92 Å². The summed E-state index contributed by atoms with van der Waals surface area (Å²) in [6.45, 7) is 5.14. The van der Waals surface area contributed by atoms with Crippen LogP contribution in [-0.2, 0) is 9.47 Å². The maximum Gasteiger partial charge on any atom is 0.360 e. The Hall–Kier alpha value is -4.22. The Balaban J connectivity index is 1.40. The predicted molar refractivity (Wildman–Crippen MR) is 156 cm³/mol. The van der Waals surface area contributed by atoms with Crippen LogP contribution >= 0.6 is 0 Å². The predicted octanol–water partition coefficient (Wildman–Crippen LogP) is 4.28. The molecule has 0 bridgehead atoms. The molecule has 4 atom stereocenters. The molecule has 2 heterocycles. The summed E-state index contributed by atoms with van der Waals surface area (Å²) in [5.41, 5.74) is 0.939. The van der Waals surface area contributed by atoms with E-state index in [2.05, 4.69) is 5.32 Å². The summed E-state index contributed by atoms with van der Waals surface area (Å²) >= 11 is 0. The molecule has 0 radical (unpaired) electrons. The fourth-order valence-electron chi connectivity index (χ4n) is 5.24. The molecule has 1 aliphatic heterocycles. The van der Waals surface area contributed by atoms with Crippen molar-refractivity contribution in [3.05, 3.63) is 88.3 Å². The van der Waals surface area contributed by atoms with Crippen LogP contribution in [0.3, 0.4) is 0 Å². The van der Waals surface area contributed by atoms with Gasteiger partial charge >= 0.3 is 5.63 Å². The first-order chi connectivity index (χ1) is 20.0. The lowest BCUT2D eigenvalue weighted by Gasteiger charge is -2.46. The monoisotopic (exact) mass is 575 g/mol. The molecule has 3 N–H and O–H groups in total. The lowest BCUT2D eigenvalue weighted by atomic mass is 9.89. The highest BCUT2D eigenvalue weighted by atomic mass is 16.7. The van der Waals surface area contributed by atoms with Gasteiger partial charge in [0.05, 0.1) is 12.7 Å². The number of benzene rings is 3. The van der Waals surface area contributed by atoms with Crippen LogP contribution in [0.25, 0.3) is 22.1 Å². The van der Waals surface area contributed by atoms with Crippen molar-refractivity contribution in [2.45, 2.75) is 51.0 Å². The van der Waals surface area contributed by atoms with Gasteiger partial charge in [0.15, 0.2) is 0 Å². The van der Waals surface area contributed by atoms with Crippen LogP contribution in [0.1, 0.15) is 29.8 Å². The maximum absolute atomic E-state index is 13.2. The van der Waals surface area contributed by atoms with Crippen LogP contribution in [0.4, 0.5) is 5.69 Å². The quantitative estimate of drug-likeness (QED) is 0.276. The Morgan fingerprint density at radius 2 is 1.67 bits per heavy atom. The number of aryl methyl sites for hydroxylation is 1. The molecule has 1 aliphatic rings. The number of fused-ring (bicyclic) bond motifs is 1. The second kappa shape index (κ2) is 11.6. The third-order valence-corrected chi connectivity index (χ3v) is 7.44. The number of ether oxygens (including phenoxy) is 4. The summed E-state index contributed by atoms with van der Waals surface area (Å²) in [5, 5.41) is 24.3. The zero-order valence-electron chi connectivity index (χ0n) is 23.9. The van der Waals surface area contributed by atoms with Crippen molar-refractivity contribution in [2.75, 3.05) is 19.5 Å². The van der Waals surface area contributed by atoms with Crippen molar-refractivity contribution in [3.8, 4) is 22.6 Å². The minimum atomic E-state index is -1.39. The molecule has 0 saturated carbocycles. The van der Waals surface area contributed by atoms with Crippen molar-refractivity contribution in [2.24, 2.45) is 0 Å². The van der Waals surface area contributed by atoms with E-state index in [1.165, 1.54) is 13.2 Å². The molecular weight excluding hydrogens is 542 g/mol. The second-order valence-electron chi connectivity index (χ2n) is 10.6. The van der Waals surface area contributed by atoms with Gasteiger partial charge in [-0.05, 0) is 62.7 Å². The Bertz CT molecular complexity index is 1660. The molecular formula is C32H33NO9. The van der Waals surface area contributed by atoms with E-state index >= 15 is 0 Å². The van der Waals surface area contributed by atoms with Gasteiger partial charge < -0.3 is 38.9 Å². The van der Waals surface area contributed by atoms with E-state index in [1.54, 1.807) is 58.2 Å². The number of hydrogen-bond acceptors (Lipinski definition) is 9. The number of aliphatic hydroxyl groups is 2. The molecule has 1 saturated heterocycles. The molecule has 42 heavy (non-hydrogen) atoms. The maximum atomic E-state index is 13.2. The highest BCUT2D eigenvalue weighted by Gasteiger charge is 2.50. The molecule has 10 nitrogen and oxygen atoms in total. The Kier molecular flexibility index (Phi) is 8.07. The summed E-state index contributed by atoms with van der Waals surface area (Å²) in [7, 11) is 2.99. The number of hydrogen-bond donors (Lipinski definition) is 3. The minimum Gasteiger partial charge on any atom is -0.496 e. The standard InChI is InChI=1S/C32H33NO9/c1-17-23(40-31-26(35)25(34)28(39-5)32(2,3)42-31)13-11-19-16-22(30(37)41-27(17)19)33-29(36)20-12-14-24(38-4)21(15-20)18-9-7-6-8-10-18/h6-16,25-26,28,31,34-35H,1-5H3,(H,33,36)/t25-,26+,28+,31+/m0/s1. The molecule has 1 amide bonds. The van der Waals surface area contributed by atoms with Crippen molar-refractivity contribution >= 4 is 22.6 Å². The van der Waals surface area contributed by atoms with E-state index in [-0.39, 0.29) is 17.0 Å². The van der Waals surface area contributed by atoms with Crippen LogP contribution in [0.5, 0.6) is 11.5 Å². The van der Waals surface area contributed by atoms with Gasteiger partial charge in [0, 0.05) is 29.2 Å². The molecule has 0 aliphatic carbocycles. The van der Waals surface area contributed by atoms with Crippen molar-refractivity contribution < 1.29 is 38.4 Å². The van der Waals surface area contributed by atoms with E-state index < -0.39 is 41.7 Å². The summed E-state index contributed by atoms with van der Waals surface area (Å²) < 4.78 is 28.2. The molecule has 3 aromatic carbocycles. The number of rotatable bonds is 7. The van der Waals surface area contributed by atoms with Gasteiger partial charge in [-0.25, -0.2) is 4.79 Å². The number of anilines is 1. The van der Waals surface area contributed by atoms with Crippen LogP contribution in [0.15, 0.2) is 75.9 Å². The molecule has 1 fully saturated rings. The van der Waals surface area contributed by atoms with Crippen LogP contribution < -0.4 is 20.4 Å². The molecule has 1 aromatic heterocycles. The average molecular weight is 576 g/mol. The van der Waals surface area contributed by atoms with Crippen molar-refractivity contribution in [1.82, 2.24) is 0 Å². The number of carbonyl (C=O) groups excluding carboxylic acids is 1. The summed E-state index contributed by atoms with van der Waals surface area (Å²) in [4.78, 5) is 26.1. The van der Waals surface area contributed by atoms with E-state index in [0.29, 0.717) is 22.3 Å². The van der Waals surface area contributed by atoms with Gasteiger partial charge in [-0.2, -0.15) is 0 Å². The zero-order valence-corrected chi connectivity index (χ0v) is 23.9. The molecule has 0 spiro atoms. The fraction of sp³-hybridized carbons (Fsp3) is 0.312. The average Bonchev–Trinajstić information content (AvgIpc) is 2.98. The lowest BCUT2D eigenvalue weighted by molar-refractivity contribution is -0.306. The first-order valence-corrected chi connectivity index (χ1v) is 13.4. The Labute approximate surface area is 242 Å². The summed E-state index contributed by atoms with van der Waals surface area (Å²) in [6.07, 6.45) is -4.60. The molecule has 0 unspecified atom stereocenters. The van der Waals surface area contributed by atoms with Gasteiger partial charge in [0.2, 0.25) is 6.29 Å². The second-order valence-corrected chi connectivity index (χ2v) is 10.6. The van der Waals surface area contributed by atoms with E-state index in [4.69, 9.17) is 23.4 Å². The SMILES string of the molecule is COc1ccc(C(=O)Nc2cc3ccc(O[C@@H]4OC(C)(C)[C@H](OC)[C@@H](O)[C@H]4O)c(C)c3oc2=O)cc1-c1ccccc1. The minimum absolute atomic E-state index is 0.0286. The number of nitrogens with one attached hydrogen (secondary N) is 1. The van der Waals surface area contributed by atoms with Gasteiger partial charge in [0.25, 0.3) is 5.91 Å². The number of amides is 1. The molecule has 5 rings (SSSR count). The highest BCUT2D eigenvalue weighted by molar-refractivity contribution is 6.05. The van der Waals surface area contributed by atoms with Gasteiger partial charge in [-0.3, -0.25) is 4.79 Å². The molecule has 220 valence electrons. The van der Waals surface area contributed by atoms with E-state index in [9.17, 15) is 19.8 Å². The van der Waals surface area contributed by atoms with Crippen LogP contribution in [-0.4, -0.2) is 60.5 Å². The van der Waals surface area contributed by atoms with Crippen LogP contribution in [0.2, 0.25) is 0 Å².